The predicted molar refractivity (Wildman–Crippen MR) is 159 cm³/mol. The minimum atomic E-state index is -0.0360. The molecule has 0 saturated heterocycles. The number of anilines is 2. The molecule has 0 aliphatic heterocycles. The molecule has 202 valence electrons. The van der Waals surface area contributed by atoms with E-state index in [0.29, 0.717) is 23.4 Å². The number of carbonyl (C=O) groups is 2. The summed E-state index contributed by atoms with van der Waals surface area (Å²) >= 11 is 2.92. The smallest absolute Gasteiger partial charge is 0.240 e. The Morgan fingerprint density at radius 3 is 1.39 bits per heavy atom. The molecule has 0 aliphatic rings. The SMILES string of the molecule is CCCN(CCC)CC(=O)Nc1nc2cc3nc(NC(=O)CN(CCC)CCC)sc3cc2s1.Cl.Cl. The highest BCUT2D eigenvalue weighted by molar-refractivity contribution is 7.24. The number of nitrogens with one attached hydrogen (secondary N) is 2. The summed E-state index contributed by atoms with van der Waals surface area (Å²) in [5.74, 6) is -0.0721. The fourth-order valence-corrected chi connectivity index (χ4v) is 5.87. The van der Waals surface area contributed by atoms with Crippen LogP contribution in [0, 0.1) is 0 Å². The molecule has 0 aliphatic carbocycles. The molecule has 2 amide bonds. The van der Waals surface area contributed by atoms with Gasteiger partial charge in [-0.3, -0.25) is 19.4 Å². The summed E-state index contributed by atoms with van der Waals surface area (Å²) in [6, 6.07) is 3.95. The van der Waals surface area contributed by atoms with E-state index >= 15 is 0 Å². The van der Waals surface area contributed by atoms with Crippen molar-refractivity contribution in [1.29, 1.82) is 0 Å². The summed E-state index contributed by atoms with van der Waals surface area (Å²) in [5, 5.41) is 7.11. The van der Waals surface area contributed by atoms with Crippen LogP contribution in [-0.2, 0) is 9.59 Å². The molecule has 2 heterocycles. The Labute approximate surface area is 234 Å². The summed E-state index contributed by atoms with van der Waals surface area (Å²) in [5.41, 5.74) is 1.60. The molecule has 3 rings (SSSR count). The zero-order valence-electron chi connectivity index (χ0n) is 21.5. The van der Waals surface area contributed by atoms with Crippen molar-refractivity contribution in [2.24, 2.45) is 0 Å². The number of hydrogen-bond donors (Lipinski definition) is 2. The van der Waals surface area contributed by atoms with Gasteiger partial charge in [0, 0.05) is 0 Å². The molecule has 2 N–H and O–H groups in total. The summed E-state index contributed by atoms with van der Waals surface area (Å²) in [6.07, 6.45) is 4.10. The van der Waals surface area contributed by atoms with Crippen molar-refractivity contribution in [3.8, 4) is 0 Å². The molecular weight excluding hydrogens is 539 g/mol. The highest BCUT2D eigenvalue weighted by atomic mass is 35.5. The van der Waals surface area contributed by atoms with Crippen molar-refractivity contribution in [2.45, 2.75) is 53.4 Å². The van der Waals surface area contributed by atoms with Gasteiger partial charge in [0.1, 0.15) is 0 Å². The van der Waals surface area contributed by atoms with Gasteiger partial charge in [-0.15, -0.1) is 24.8 Å². The van der Waals surface area contributed by atoms with Crippen LogP contribution in [0.1, 0.15) is 53.4 Å². The number of fused-ring (bicyclic) bond motifs is 2. The number of aromatic nitrogens is 2. The van der Waals surface area contributed by atoms with E-state index in [1.807, 2.05) is 12.1 Å². The Hall–Kier alpha value is -1.56. The van der Waals surface area contributed by atoms with Crippen LogP contribution in [0.5, 0.6) is 0 Å². The minimum absolute atomic E-state index is 0. The van der Waals surface area contributed by atoms with Crippen LogP contribution in [0.3, 0.4) is 0 Å². The number of halogens is 2. The van der Waals surface area contributed by atoms with Crippen LogP contribution in [0.25, 0.3) is 20.4 Å². The van der Waals surface area contributed by atoms with Gasteiger partial charge in [0.05, 0.1) is 33.5 Å². The number of hydrogen-bond acceptors (Lipinski definition) is 8. The first kappa shape index (κ1) is 32.5. The molecule has 3 aromatic rings. The van der Waals surface area contributed by atoms with Gasteiger partial charge in [-0.1, -0.05) is 50.4 Å². The number of rotatable bonds is 14. The van der Waals surface area contributed by atoms with E-state index in [2.05, 4.69) is 58.1 Å². The lowest BCUT2D eigenvalue weighted by Gasteiger charge is -2.19. The Morgan fingerprint density at radius 1 is 0.694 bits per heavy atom. The van der Waals surface area contributed by atoms with Gasteiger partial charge in [-0.05, 0) is 64.0 Å². The Bertz CT molecular complexity index is 962. The first-order chi connectivity index (χ1) is 16.4. The third-order valence-corrected chi connectivity index (χ3v) is 7.15. The van der Waals surface area contributed by atoms with E-state index in [9.17, 15) is 9.59 Å². The number of thiazole rings is 2. The van der Waals surface area contributed by atoms with E-state index in [1.165, 1.54) is 22.7 Å². The van der Waals surface area contributed by atoms with Crippen LogP contribution in [0.2, 0.25) is 0 Å². The van der Waals surface area contributed by atoms with Crippen molar-refractivity contribution in [3.05, 3.63) is 12.1 Å². The molecule has 0 saturated carbocycles. The van der Waals surface area contributed by atoms with E-state index in [-0.39, 0.29) is 36.6 Å². The molecule has 0 fully saturated rings. The molecule has 0 unspecified atom stereocenters. The molecule has 0 bridgehead atoms. The quantitative estimate of drug-likeness (QED) is 0.249. The third kappa shape index (κ3) is 9.39. The number of nitrogens with zero attached hydrogens (tertiary/aromatic N) is 4. The van der Waals surface area contributed by atoms with Crippen molar-refractivity contribution >= 4 is 90.0 Å². The standard InChI is InChI=1S/C24H36N6O2S2.2ClH/c1-5-9-29(10-6-2)15-21(31)27-23-25-17-13-18-20(14-19(17)33-23)34-24(26-18)28-22(32)16-30(11-7-3)12-8-4;;/h13-14H,5-12,15-16H2,1-4H3,(H,25,27,31)(H,26,28,32);2*1H. The second-order valence-electron chi connectivity index (χ2n) is 8.47. The van der Waals surface area contributed by atoms with Gasteiger partial charge in [0.25, 0.3) is 0 Å². The maximum Gasteiger partial charge on any atom is 0.240 e. The number of carbonyl (C=O) groups excluding carboxylic acids is 2. The largest absolute Gasteiger partial charge is 0.301 e. The fraction of sp³-hybridized carbons (Fsp3) is 0.583. The zero-order valence-corrected chi connectivity index (χ0v) is 24.7. The van der Waals surface area contributed by atoms with Gasteiger partial charge in [0.15, 0.2) is 10.3 Å². The Balaban J connectivity index is 0.00000324. The van der Waals surface area contributed by atoms with Gasteiger partial charge in [-0.25, -0.2) is 9.97 Å². The first-order valence-corrected chi connectivity index (χ1v) is 13.8. The highest BCUT2D eigenvalue weighted by Gasteiger charge is 2.15. The van der Waals surface area contributed by atoms with Crippen LogP contribution in [0.15, 0.2) is 12.1 Å². The topological polar surface area (TPSA) is 90.5 Å². The van der Waals surface area contributed by atoms with Crippen molar-refractivity contribution in [1.82, 2.24) is 19.8 Å². The van der Waals surface area contributed by atoms with Crippen LogP contribution < -0.4 is 10.6 Å². The average Bonchev–Trinajstić information content (AvgIpc) is 3.33. The van der Waals surface area contributed by atoms with E-state index in [0.717, 1.165) is 72.3 Å². The van der Waals surface area contributed by atoms with Crippen LogP contribution >= 0.6 is 47.5 Å². The minimum Gasteiger partial charge on any atom is -0.301 e. The maximum absolute atomic E-state index is 12.5. The molecule has 0 atom stereocenters. The van der Waals surface area contributed by atoms with Gasteiger partial charge in [0.2, 0.25) is 11.8 Å². The summed E-state index contributed by atoms with van der Waals surface area (Å²) in [6.45, 7) is 12.9. The monoisotopic (exact) mass is 576 g/mol. The summed E-state index contributed by atoms with van der Waals surface area (Å²) < 4.78 is 1.97. The normalized spacial score (nSPS) is 11.1. The Morgan fingerprint density at radius 2 is 1.06 bits per heavy atom. The summed E-state index contributed by atoms with van der Waals surface area (Å²) in [7, 11) is 0. The third-order valence-electron chi connectivity index (χ3n) is 5.28. The predicted octanol–water partition coefficient (Wildman–Crippen LogP) is 5.87. The van der Waals surface area contributed by atoms with Crippen molar-refractivity contribution in [3.63, 3.8) is 0 Å². The second-order valence-corrected chi connectivity index (χ2v) is 10.5. The fourth-order valence-electron chi connectivity index (χ4n) is 3.99. The molecule has 1 aromatic carbocycles. The van der Waals surface area contributed by atoms with E-state index in [4.69, 9.17) is 0 Å². The van der Waals surface area contributed by atoms with Gasteiger partial charge in [-0.2, -0.15) is 0 Å². The molecule has 2 aromatic heterocycles. The lowest BCUT2D eigenvalue weighted by Crippen LogP contribution is -2.34. The van der Waals surface area contributed by atoms with Gasteiger partial charge < -0.3 is 10.6 Å². The number of benzene rings is 1. The molecule has 0 radical (unpaired) electrons. The highest BCUT2D eigenvalue weighted by Crippen LogP contribution is 2.34. The maximum atomic E-state index is 12.5. The van der Waals surface area contributed by atoms with Crippen LogP contribution in [0.4, 0.5) is 10.3 Å². The number of amides is 2. The zero-order chi connectivity index (χ0) is 24.5. The molecule has 36 heavy (non-hydrogen) atoms. The van der Waals surface area contributed by atoms with Crippen molar-refractivity contribution < 1.29 is 9.59 Å². The molecule has 8 nitrogen and oxygen atoms in total. The molecule has 12 heteroatoms. The first-order valence-electron chi connectivity index (χ1n) is 12.2. The van der Waals surface area contributed by atoms with E-state index in [1.54, 1.807) is 0 Å². The lowest BCUT2D eigenvalue weighted by atomic mass is 10.3. The van der Waals surface area contributed by atoms with E-state index < -0.39 is 0 Å². The summed E-state index contributed by atoms with van der Waals surface area (Å²) in [4.78, 5) is 38.5. The van der Waals surface area contributed by atoms with Crippen molar-refractivity contribution in [2.75, 3.05) is 49.9 Å². The average molecular weight is 578 g/mol. The van der Waals surface area contributed by atoms with Crippen LogP contribution in [-0.4, -0.2) is 70.9 Å². The van der Waals surface area contributed by atoms with Gasteiger partial charge >= 0.3 is 0 Å². The molecule has 0 spiro atoms. The molecular formula is C24H38Cl2N6O2S2. The second kappa shape index (κ2) is 16.3. The lowest BCUT2D eigenvalue weighted by molar-refractivity contribution is -0.118. The Kier molecular flexibility index (Phi) is 14.7.